The van der Waals surface area contributed by atoms with Crippen molar-refractivity contribution in [2.75, 3.05) is 27.3 Å². The molecule has 2 fully saturated rings. The number of hydrogen-bond acceptors (Lipinski definition) is 6. The summed E-state index contributed by atoms with van der Waals surface area (Å²) in [6.45, 7) is 2.80. The highest BCUT2D eigenvalue weighted by Gasteiger charge is 2.51. The number of fused-ring (bicyclic) bond motifs is 1. The minimum atomic E-state index is -0.966. The van der Waals surface area contributed by atoms with Crippen LogP contribution in [0, 0.1) is 11.8 Å². The molecular weight excluding hydrogens is 342 g/mol. The lowest BCUT2D eigenvalue weighted by atomic mass is 9.68. The van der Waals surface area contributed by atoms with Crippen molar-refractivity contribution in [3.05, 3.63) is 47.7 Å². The standard InChI is InChI=1S/C21H27N3O3/c1-26-19-17(11-22-20(23-19)27-2)21(25)10-6-9-16-13-24(14-18(16)21)12-15-7-4-3-5-8-15/h3-5,7-8,11,16,18,25H,6,9-10,12-14H2,1-2H3/t16-,18-,21-/m1/s1. The van der Waals surface area contributed by atoms with E-state index in [0.29, 0.717) is 23.8 Å². The van der Waals surface area contributed by atoms with Crippen molar-refractivity contribution in [2.45, 2.75) is 31.4 Å². The molecule has 0 radical (unpaired) electrons. The zero-order chi connectivity index (χ0) is 18.9. The van der Waals surface area contributed by atoms with Gasteiger partial charge < -0.3 is 14.6 Å². The molecule has 2 heterocycles. The van der Waals surface area contributed by atoms with E-state index in [4.69, 9.17) is 9.47 Å². The maximum Gasteiger partial charge on any atom is 0.319 e. The summed E-state index contributed by atoms with van der Waals surface area (Å²) in [6.07, 6.45) is 4.52. The van der Waals surface area contributed by atoms with Crippen molar-refractivity contribution in [2.24, 2.45) is 11.8 Å². The molecule has 1 aliphatic carbocycles. The number of hydrogen-bond donors (Lipinski definition) is 1. The summed E-state index contributed by atoms with van der Waals surface area (Å²) in [5.41, 5.74) is 1.03. The Morgan fingerprint density at radius 1 is 1.19 bits per heavy atom. The maximum atomic E-state index is 11.7. The Bertz CT molecular complexity index is 785. The third-order valence-electron chi connectivity index (χ3n) is 6.09. The lowest BCUT2D eigenvalue weighted by Gasteiger charge is -2.41. The first-order chi connectivity index (χ1) is 13.1. The van der Waals surface area contributed by atoms with Gasteiger partial charge in [0.1, 0.15) is 5.60 Å². The second-order valence-electron chi connectivity index (χ2n) is 7.64. The zero-order valence-electron chi connectivity index (χ0n) is 16.0. The first-order valence-corrected chi connectivity index (χ1v) is 9.58. The monoisotopic (exact) mass is 369 g/mol. The molecule has 6 heteroatoms. The van der Waals surface area contributed by atoms with Crippen LogP contribution in [0.4, 0.5) is 0 Å². The quantitative estimate of drug-likeness (QED) is 0.874. The molecule has 4 rings (SSSR count). The molecule has 0 unspecified atom stereocenters. The van der Waals surface area contributed by atoms with E-state index < -0.39 is 5.60 Å². The van der Waals surface area contributed by atoms with Gasteiger partial charge in [-0.15, -0.1) is 0 Å². The van der Waals surface area contributed by atoms with E-state index >= 15 is 0 Å². The van der Waals surface area contributed by atoms with E-state index in [-0.39, 0.29) is 11.9 Å². The number of ether oxygens (including phenoxy) is 2. The van der Waals surface area contributed by atoms with Gasteiger partial charge in [-0.3, -0.25) is 4.90 Å². The second kappa shape index (κ2) is 7.44. The largest absolute Gasteiger partial charge is 0.481 e. The van der Waals surface area contributed by atoms with Crippen molar-refractivity contribution in [1.82, 2.24) is 14.9 Å². The van der Waals surface area contributed by atoms with E-state index in [1.807, 2.05) is 6.07 Å². The Balaban J connectivity index is 1.60. The van der Waals surface area contributed by atoms with Crippen LogP contribution in [0.2, 0.25) is 0 Å². The van der Waals surface area contributed by atoms with Gasteiger partial charge in [-0.25, -0.2) is 4.98 Å². The molecule has 1 aliphatic heterocycles. The van der Waals surface area contributed by atoms with Gasteiger partial charge in [0.25, 0.3) is 0 Å². The summed E-state index contributed by atoms with van der Waals surface area (Å²) in [6, 6.07) is 10.8. The van der Waals surface area contributed by atoms with Crippen molar-refractivity contribution in [1.29, 1.82) is 0 Å². The van der Waals surface area contributed by atoms with Crippen LogP contribution in [0.3, 0.4) is 0 Å². The summed E-state index contributed by atoms with van der Waals surface area (Å²) < 4.78 is 10.6. The molecule has 6 nitrogen and oxygen atoms in total. The highest BCUT2D eigenvalue weighted by atomic mass is 16.5. The normalized spacial score (nSPS) is 28.0. The third-order valence-corrected chi connectivity index (χ3v) is 6.09. The van der Waals surface area contributed by atoms with E-state index in [1.165, 1.54) is 12.7 Å². The van der Waals surface area contributed by atoms with Gasteiger partial charge >= 0.3 is 6.01 Å². The molecule has 144 valence electrons. The number of aliphatic hydroxyl groups is 1. The number of likely N-dealkylation sites (tertiary alicyclic amines) is 1. The molecule has 2 aromatic rings. The van der Waals surface area contributed by atoms with E-state index in [1.54, 1.807) is 13.3 Å². The van der Waals surface area contributed by atoms with E-state index in [2.05, 4.69) is 39.1 Å². The van der Waals surface area contributed by atoms with Gasteiger partial charge in [0.15, 0.2) is 0 Å². The molecule has 2 aliphatic rings. The van der Waals surface area contributed by atoms with Gasteiger partial charge in [0.05, 0.1) is 19.8 Å². The smallest absolute Gasteiger partial charge is 0.319 e. The molecule has 1 saturated heterocycles. The van der Waals surface area contributed by atoms with Crippen LogP contribution in [0.25, 0.3) is 0 Å². The first kappa shape index (κ1) is 18.2. The molecule has 1 aromatic carbocycles. The molecule has 1 aromatic heterocycles. The maximum absolute atomic E-state index is 11.7. The molecule has 1 N–H and O–H groups in total. The van der Waals surface area contributed by atoms with Crippen molar-refractivity contribution in [3.63, 3.8) is 0 Å². The lowest BCUT2D eigenvalue weighted by molar-refractivity contribution is -0.0669. The summed E-state index contributed by atoms with van der Waals surface area (Å²) in [4.78, 5) is 11.0. The van der Waals surface area contributed by atoms with Crippen LogP contribution in [-0.2, 0) is 12.1 Å². The van der Waals surface area contributed by atoms with Gasteiger partial charge in [-0.05, 0) is 30.7 Å². The van der Waals surface area contributed by atoms with Crippen LogP contribution < -0.4 is 9.47 Å². The zero-order valence-corrected chi connectivity index (χ0v) is 16.0. The molecule has 0 spiro atoms. The highest BCUT2D eigenvalue weighted by molar-refractivity contribution is 5.33. The topological polar surface area (TPSA) is 67.7 Å². The fraction of sp³-hybridized carbons (Fsp3) is 0.524. The number of nitrogens with zero attached hydrogens (tertiary/aromatic N) is 3. The Kier molecular flexibility index (Phi) is 5.02. The van der Waals surface area contributed by atoms with Crippen molar-refractivity contribution >= 4 is 0 Å². The molecule has 0 amide bonds. The van der Waals surface area contributed by atoms with Gasteiger partial charge in [-0.2, -0.15) is 4.98 Å². The van der Waals surface area contributed by atoms with E-state index in [0.717, 1.165) is 32.5 Å². The van der Waals surface area contributed by atoms with Crippen molar-refractivity contribution < 1.29 is 14.6 Å². The molecule has 27 heavy (non-hydrogen) atoms. The second-order valence-corrected chi connectivity index (χ2v) is 7.64. The Morgan fingerprint density at radius 2 is 2.00 bits per heavy atom. The fourth-order valence-electron chi connectivity index (χ4n) is 4.82. The van der Waals surface area contributed by atoms with Crippen LogP contribution in [0.1, 0.15) is 30.4 Å². The van der Waals surface area contributed by atoms with Crippen LogP contribution in [-0.4, -0.2) is 47.3 Å². The first-order valence-electron chi connectivity index (χ1n) is 9.58. The average molecular weight is 369 g/mol. The van der Waals surface area contributed by atoms with Gasteiger partial charge in [0.2, 0.25) is 5.88 Å². The molecule has 0 bridgehead atoms. The Hall–Kier alpha value is -2.18. The highest BCUT2D eigenvalue weighted by Crippen LogP contribution is 2.50. The molecular formula is C21H27N3O3. The van der Waals surface area contributed by atoms with Crippen molar-refractivity contribution in [3.8, 4) is 11.9 Å². The average Bonchev–Trinajstić information content (AvgIpc) is 3.12. The van der Waals surface area contributed by atoms with Crippen LogP contribution >= 0.6 is 0 Å². The Labute approximate surface area is 160 Å². The Morgan fingerprint density at radius 3 is 2.74 bits per heavy atom. The van der Waals surface area contributed by atoms with Crippen LogP contribution in [0.15, 0.2) is 36.5 Å². The van der Waals surface area contributed by atoms with E-state index in [9.17, 15) is 5.11 Å². The SMILES string of the molecule is COc1ncc([C@]2(O)CCC[C@@H]3CN(Cc4ccccc4)C[C@H]32)c(OC)n1. The summed E-state index contributed by atoms with van der Waals surface area (Å²) >= 11 is 0. The van der Waals surface area contributed by atoms with Gasteiger partial charge in [0, 0.05) is 31.7 Å². The lowest BCUT2D eigenvalue weighted by Crippen LogP contribution is -2.43. The molecule has 3 atom stereocenters. The number of rotatable bonds is 5. The summed E-state index contributed by atoms with van der Waals surface area (Å²) in [5.74, 6) is 1.03. The molecule has 1 saturated carbocycles. The predicted molar refractivity (Wildman–Crippen MR) is 102 cm³/mol. The summed E-state index contributed by atoms with van der Waals surface area (Å²) in [7, 11) is 3.10. The number of methoxy groups -OCH3 is 2. The fourth-order valence-corrected chi connectivity index (χ4v) is 4.82. The minimum Gasteiger partial charge on any atom is -0.481 e. The number of aromatic nitrogens is 2. The number of benzene rings is 1. The minimum absolute atomic E-state index is 0.154. The van der Waals surface area contributed by atoms with Gasteiger partial charge in [-0.1, -0.05) is 30.3 Å². The van der Waals surface area contributed by atoms with Crippen LogP contribution in [0.5, 0.6) is 11.9 Å². The predicted octanol–water partition coefficient (Wildman–Crippen LogP) is 2.61. The third kappa shape index (κ3) is 3.39. The summed E-state index contributed by atoms with van der Waals surface area (Å²) in [5, 5.41) is 11.7.